The lowest BCUT2D eigenvalue weighted by atomic mass is 9.67. The lowest BCUT2D eigenvalue weighted by Gasteiger charge is -2.36. The van der Waals surface area contributed by atoms with E-state index in [0.29, 0.717) is 30.4 Å². The molecule has 0 bridgehead atoms. The zero-order valence-corrected chi connectivity index (χ0v) is 21.3. The summed E-state index contributed by atoms with van der Waals surface area (Å²) >= 11 is 0. The van der Waals surface area contributed by atoms with Crippen molar-refractivity contribution in [1.29, 1.82) is 0 Å². The molecular formula is C32H26O8. The van der Waals surface area contributed by atoms with Gasteiger partial charge in [0.15, 0.2) is 0 Å². The summed E-state index contributed by atoms with van der Waals surface area (Å²) in [6.45, 7) is 0. The van der Waals surface area contributed by atoms with Crippen molar-refractivity contribution < 1.29 is 39.6 Å². The van der Waals surface area contributed by atoms with E-state index in [1.54, 1.807) is 12.1 Å². The van der Waals surface area contributed by atoms with Crippen LogP contribution in [0.25, 0.3) is 0 Å². The fourth-order valence-electron chi connectivity index (χ4n) is 5.14. The van der Waals surface area contributed by atoms with Gasteiger partial charge in [0.2, 0.25) is 0 Å². The van der Waals surface area contributed by atoms with E-state index in [2.05, 4.69) is 0 Å². The highest BCUT2D eigenvalue weighted by atomic mass is 16.4. The third-order valence-corrected chi connectivity index (χ3v) is 7.09. The summed E-state index contributed by atoms with van der Waals surface area (Å²) in [6, 6.07) is 27.8. The molecule has 0 amide bonds. The quantitative estimate of drug-likeness (QED) is 0.192. The summed E-state index contributed by atoms with van der Waals surface area (Å²) in [6.07, 6.45) is 1.15. The van der Waals surface area contributed by atoms with E-state index in [1.165, 1.54) is 24.3 Å². The number of carbonyl (C=O) groups is 4. The van der Waals surface area contributed by atoms with Gasteiger partial charge < -0.3 is 20.4 Å². The van der Waals surface area contributed by atoms with Crippen molar-refractivity contribution in [3.8, 4) is 0 Å². The van der Waals surface area contributed by atoms with Crippen LogP contribution in [0.15, 0.2) is 97.1 Å². The summed E-state index contributed by atoms with van der Waals surface area (Å²) in [5.41, 5.74) is 1.17. The zero-order chi connectivity index (χ0) is 28.9. The van der Waals surface area contributed by atoms with Crippen LogP contribution >= 0.6 is 0 Å². The molecule has 0 unspecified atom stereocenters. The summed E-state index contributed by atoms with van der Waals surface area (Å²) < 4.78 is 0. The molecule has 0 fully saturated rings. The van der Waals surface area contributed by atoms with E-state index in [0.717, 1.165) is 11.1 Å². The third kappa shape index (κ3) is 5.76. The van der Waals surface area contributed by atoms with Crippen molar-refractivity contribution >= 4 is 23.9 Å². The number of carboxylic acids is 4. The molecule has 0 atom stereocenters. The van der Waals surface area contributed by atoms with Crippen LogP contribution in [0.5, 0.6) is 0 Å². The number of aromatic carboxylic acids is 4. The predicted molar refractivity (Wildman–Crippen MR) is 146 cm³/mol. The fraction of sp³-hybridized carbons (Fsp3) is 0.125. The van der Waals surface area contributed by atoms with Gasteiger partial charge in [-0.2, -0.15) is 0 Å². The van der Waals surface area contributed by atoms with Gasteiger partial charge in [0.25, 0.3) is 0 Å². The summed E-state index contributed by atoms with van der Waals surface area (Å²) in [5.74, 6) is -5.34. The molecule has 0 heterocycles. The number of benzene rings is 4. The Kier molecular flexibility index (Phi) is 8.09. The molecular weight excluding hydrogens is 512 g/mol. The zero-order valence-electron chi connectivity index (χ0n) is 21.3. The Bertz CT molecular complexity index is 1540. The number of carboxylic acid groups (broad SMARTS) is 4. The van der Waals surface area contributed by atoms with E-state index in [1.807, 2.05) is 60.7 Å². The first kappa shape index (κ1) is 27.8. The molecule has 4 aromatic carbocycles. The second-order valence-corrected chi connectivity index (χ2v) is 9.47. The van der Waals surface area contributed by atoms with Crippen molar-refractivity contribution in [2.24, 2.45) is 0 Å². The topological polar surface area (TPSA) is 149 Å². The average molecular weight is 539 g/mol. The molecule has 0 aliphatic heterocycles. The second-order valence-electron chi connectivity index (χ2n) is 9.47. The Morgan fingerprint density at radius 2 is 0.900 bits per heavy atom. The highest BCUT2D eigenvalue weighted by Crippen LogP contribution is 2.40. The van der Waals surface area contributed by atoms with Crippen LogP contribution < -0.4 is 0 Å². The first-order chi connectivity index (χ1) is 19.1. The predicted octanol–water partition coefficient (Wildman–Crippen LogP) is 5.64. The highest BCUT2D eigenvalue weighted by molar-refractivity contribution is 6.02. The number of rotatable bonds is 11. The largest absolute Gasteiger partial charge is 0.478 e. The number of hydrogen-bond donors (Lipinski definition) is 4. The third-order valence-electron chi connectivity index (χ3n) is 7.09. The minimum atomic E-state index is -1.34. The Morgan fingerprint density at radius 3 is 1.32 bits per heavy atom. The molecule has 0 saturated heterocycles. The maximum absolute atomic E-state index is 11.9. The van der Waals surface area contributed by atoms with Crippen molar-refractivity contribution in [3.05, 3.63) is 142 Å². The summed E-state index contributed by atoms with van der Waals surface area (Å²) in [7, 11) is 0. The molecule has 4 N–H and O–H groups in total. The van der Waals surface area contributed by atoms with Crippen molar-refractivity contribution in [3.63, 3.8) is 0 Å². The number of hydrogen-bond acceptors (Lipinski definition) is 4. The van der Waals surface area contributed by atoms with Gasteiger partial charge in [0, 0.05) is 5.41 Å². The molecule has 0 saturated carbocycles. The monoisotopic (exact) mass is 538 g/mol. The minimum Gasteiger partial charge on any atom is -0.478 e. The molecule has 8 nitrogen and oxygen atoms in total. The standard InChI is InChI=1S/C32H26O8/c33-28(34)24-13-11-20(17-26(24)30(37)38)15-16-32(22-7-3-1-4-8-22,23-9-5-2-6-10-23)19-21-12-14-25(29(35)36)27(18-21)31(39)40/h1-14,17-18H,15-16,19H2,(H,33,34)(H,35,36)(H,37,38)(H,39,40). The second kappa shape index (κ2) is 11.7. The minimum absolute atomic E-state index is 0.298. The molecule has 8 heteroatoms. The molecule has 202 valence electrons. The fourth-order valence-corrected chi connectivity index (χ4v) is 5.14. The van der Waals surface area contributed by atoms with Crippen molar-refractivity contribution in [2.45, 2.75) is 24.7 Å². The van der Waals surface area contributed by atoms with Crippen LogP contribution in [-0.4, -0.2) is 44.3 Å². The van der Waals surface area contributed by atoms with Gasteiger partial charge in [-0.1, -0.05) is 72.8 Å². The maximum Gasteiger partial charge on any atom is 0.336 e. The highest BCUT2D eigenvalue weighted by Gasteiger charge is 2.35. The lowest BCUT2D eigenvalue weighted by Crippen LogP contribution is -2.31. The number of aryl methyl sites for hydroxylation is 1. The van der Waals surface area contributed by atoms with Gasteiger partial charge in [-0.3, -0.25) is 0 Å². The smallest absolute Gasteiger partial charge is 0.336 e. The average Bonchev–Trinajstić information content (AvgIpc) is 2.95. The van der Waals surface area contributed by atoms with Crippen molar-refractivity contribution in [2.75, 3.05) is 0 Å². The summed E-state index contributed by atoms with van der Waals surface area (Å²) in [4.78, 5) is 46.8. The molecule has 0 radical (unpaired) electrons. The maximum atomic E-state index is 11.9. The SMILES string of the molecule is O=C(O)c1ccc(CCC(Cc2ccc(C(=O)O)c(C(=O)O)c2)(c2ccccc2)c2ccccc2)cc1C(=O)O. The van der Waals surface area contributed by atoms with Gasteiger partial charge in [0.05, 0.1) is 22.3 Å². The first-order valence-electron chi connectivity index (χ1n) is 12.4. The molecule has 0 aromatic heterocycles. The normalized spacial score (nSPS) is 11.1. The van der Waals surface area contributed by atoms with E-state index in [9.17, 15) is 39.6 Å². The van der Waals surface area contributed by atoms with Crippen LogP contribution in [0.1, 0.15) is 70.1 Å². The Morgan fingerprint density at radius 1 is 0.500 bits per heavy atom. The molecule has 4 rings (SSSR count). The Labute approximate surface area is 229 Å². The van der Waals surface area contributed by atoms with Crippen molar-refractivity contribution in [1.82, 2.24) is 0 Å². The van der Waals surface area contributed by atoms with Crippen LogP contribution in [0.2, 0.25) is 0 Å². The molecule has 0 spiro atoms. The lowest BCUT2D eigenvalue weighted by molar-refractivity contribution is 0.0651. The van der Waals surface area contributed by atoms with Crippen LogP contribution in [0.4, 0.5) is 0 Å². The van der Waals surface area contributed by atoms with Gasteiger partial charge in [-0.15, -0.1) is 0 Å². The van der Waals surface area contributed by atoms with Crippen LogP contribution in [-0.2, 0) is 18.3 Å². The molecule has 40 heavy (non-hydrogen) atoms. The Balaban J connectivity index is 1.85. The summed E-state index contributed by atoms with van der Waals surface area (Å²) in [5, 5.41) is 38.2. The van der Waals surface area contributed by atoms with Gasteiger partial charge in [-0.05, 0) is 65.8 Å². The molecule has 0 aliphatic rings. The van der Waals surface area contributed by atoms with Crippen LogP contribution in [0, 0.1) is 0 Å². The van der Waals surface area contributed by atoms with Gasteiger partial charge in [-0.25, -0.2) is 19.2 Å². The van der Waals surface area contributed by atoms with E-state index in [4.69, 9.17) is 0 Å². The van der Waals surface area contributed by atoms with E-state index >= 15 is 0 Å². The Hall–Kier alpha value is -5.24. The van der Waals surface area contributed by atoms with Crippen LogP contribution in [0.3, 0.4) is 0 Å². The van der Waals surface area contributed by atoms with E-state index in [-0.39, 0.29) is 22.3 Å². The molecule has 4 aromatic rings. The van der Waals surface area contributed by atoms with Gasteiger partial charge in [0.1, 0.15) is 0 Å². The van der Waals surface area contributed by atoms with Gasteiger partial charge >= 0.3 is 23.9 Å². The van der Waals surface area contributed by atoms with E-state index < -0.39 is 29.3 Å². The first-order valence-corrected chi connectivity index (χ1v) is 12.4. The molecule has 0 aliphatic carbocycles.